The molecule has 0 aliphatic rings. The zero-order valence-electron chi connectivity index (χ0n) is 11.9. The van der Waals surface area contributed by atoms with Crippen molar-refractivity contribution in [2.45, 2.75) is 26.8 Å². The number of carbonyl (C=O) groups is 1. The highest BCUT2D eigenvalue weighted by Crippen LogP contribution is 2.24. The highest BCUT2D eigenvalue weighted by molar-refractivity contribution is 5.92. The molecule has 4 heteroatoms. The van der Waals surface area contributed by atoms with E-state index in [2.05, 4.69) is 5.32 Å². The molecule has 0 aliphatic heterocycles. The number of rotatable bonds is 6. The van der Waals surface area contributed by atoms with E-state index >= 15 is 0 Å². The molecule has 4 nitrogen and oxygen atoms in total. The molecular weight excluding hydrogens is 242 g/mol. The van der Waals surface area contributed by atoms with Gasteiger partial charge in [-0.3, -0.25) is 4.79 Å². The molecule has 0 bridgehead atoms. The van der Waals surface area contributed by atoms with Gasteiger partial charge in [-0.1, -0.05) is 13.0 Å². The summed E-state index contributed by atoms with van der Waals surface area (Å²) in [6.45, 7) is 4.24. The highest BCUT2D eigenvalue weighted by atomic mass is 16.5. The summed E-state index contributed by atoms with van der Waals surface area (Å²) in [4.78, 5) is 11.8. The molecule has 0 fully saturated rings. The Bertz CT molecular complexity index is 466. The number of methoxy groups -OCH3 is 2. The smallest absolute Gasteiger partial charge is 0.246 e. The summed E-state index contributed by atoms with van der Waals surface area (Å²) in [6, 6.07) is 5.53. The molecule has 0 aliphatic carbocycles. The molecule has 0 aromatic heterocycles. The molecule has 104 valence electrons. The van der Waals surface area contributed by atoms with E-state index in [1.807, 2.05) is 32.1 Å². The van der Waals surface area contributed by atoms with Gasteiger partial charge in [0, 0.05) is 23.7 Å². The van der Waals surface area contributed by atoms with E-state index in [-0.39, 0.29) is 5.91 Å². The minimum Gasteiger partial charge on any atom is -0.497 e. The van der Waals surface area contributed by atoms with Crippen molar-refractivity contribution in [2.24, 2.45) is 0 Å². The predicted molar refractivity (Wildman–Crippen MR) is 75.4 cm³/mol. The number of ether oxygens (including phenoxy) is 2. The van der Waals surface area contributed by atoms with Gasteiger partial charge in [-0.15, -0.1) is 0 Å². The first-order chi connectivity index (χ1) is 9.12. The van der Waals surface area contributed by atoms with Crippen LogP contribution >= 0.6 is 0 Å². The second kappa shape index (κ2) is 7.46. The SMILES string of the molecule is CC/C=C(\C)C(=O)NCc1ccc(OC)cc1OC. The van der Waals surface area contributed by atoms with Crippen LogP contribution < -0.4 is 14.8 Å². The molecule has 1 rings (SSSR count). The monoisotopic (exact) mass is 263 g/mol. The standard InChI is InChI=1S/C15H21NO3/c1-5-6-11(2)15(17)16-10-12-7-8-13(18-3)9-14(12)19-4/h6-9H,5,10H2,1-4H3,(H,16,17)/b11-6+. The molecule has 1 aromatic carbocycles. The molecule has 0 atom stereocenters. The number of amides is 1. The highest BCUT2D eigenvalue weighted by Gasteiger charge is 2.08. The molecule has 0 heterocycles. The Kier molecular flexibility index (Phi) is 5.93. The van der Waals surface area contributed by atoms with Crippen LogP contribution in [0.15, 0.2) is 29.8 Å². The minimum atomic E-state index is -0.0558. The molecule has 0 spiro atoms. The fourth-order valence-corrected chi connectivity index (χ4v) is 1.71. The van der Waals surface area contributed by atoms with Crippen LogP contribution in [0.1, 0.15) is 25.8 Å². The first-order valence-electron chi connectivity index (χ1n) is 6.28. The zero-order chi connectivity index (χ0) is 14.3. The maximum atomic E-state index is 11.8. The van der Waals surface area contributed by atoms with E-state index in [9.17, 15) is 4.79 Å². The van der Waals surface area contributed by atoms with Crippen LogP contribution in [0.25, 0.3) is 0 Å². The van der Waals surface area contributed by atoms with Gasteiger partial charge in [0.2, 0.25) is 5.91 Å². The number of carbonyl (C=O) groups excluding carboxylic acids is 1. The first kappa shape index (κ1) is 15.1. The number of hydrogen-bond acceptors (Lipinski definition) is 3. The van der Waals surface area contributed by atoms with Crippen molar-refractivity contribution in [3.8, 4) is 11.5 Å². The molecule has 19 heavy (non-hydrogen) atoms. The van der Waals surface area contributed by atoms with Gasteiger partial charge in [0.25, 0.3) is 0 Å². The van der Waals surface area contributed by atoms with E-state index in [0.717, 1.165) is 23.3 Å². The van der Waals surface area contributed by atoms with Crippen molar-refractivity contribution in [1.29, 1.82) is 0 Å². The number of benzene rings is 1. The summed E-state index contributed by atoms with van der Waals surface area (Å²) < 4.78 is 10.4. The third-order valence-corrected chi connectivity index (χ3v) is 2.80. The van der Waals surface area contributed by atoms with Crippen LogP contribution in [0.3, 0.4) is 0 Å². The number of allylic oxidation sites excluding steroid dienone is 1. The maximum Gasteiger partial charge on any atom is 0.246 e. The Morgan fingerprint density at radius 1 is 1.32 bits per heavy atom. The van der Waals surface area contributed by atoms with E-state index < -0.39 is 0 Å². The molecule has 0 saturated heterocycles. The Hall–Kier alpha value is -1.97. The summed E-state index contributed by atoms with van der Waals surface area (Å²) in [5.41, 5.74) is 1.65. The Morgan fingerprint density at radius 3 is 2.63 bits per heavy atom. The van der Waals surface area contributed by atoms with Crippen molar-refractivity contribution >= 4 is 5.91 Å². The Labute approximate surface area is 114 Å². The average molecular weight is 263 g/mol. The van der Waals surface area contributed by atoms with Crippen molar-refractivity contribution < 1.29 is 14.3 Å². The molecule has 1 amide bonds. The fourth-order valence-electron chi connectivity index (χ4n) is 1.71. The second-order valence-electron chi connectivity index (χ2n) is 4.16. The number of hydrogen-bond donors (Lipinski definition) is 1. The summed E-state index contributed by atoms with van der Waals surface area (Å²) in [7, 11) is 3.21. The molecule has 0 unspecified atom stereocenters. The summed E-state index contributed by atoms with van der Waals surface area (Å²) in [5, 5.41) is 2.87. The van der Waals surface area contributed by atoms with Crippen molar-refractivity contribution in [3.63, 3.8) is 0 Å². The Balaban J connectivity index is 2.72. The van der Waals surface area contributed by atoms with Crippen LogP contribution in [0.2, 0.25) is 0 Å². The molecular formula is C15H21NO3. The maximum absolute atomic E-state index is 11.8. The quantitative estimate of drug-likeness (QED) is 0.803. The minimum absolute atomic E-state index is 0.0558. The molecule has 0 radical (unpaired) electrons. The van der Waals surface area contributed by atoms with E-state index in [0.29, 0.717) is 12.3 Å². The molecule has 1 N–H and O–H groups in total. The number of nitrogens with one attached hydrogen (secondary N) is 1. The lowest BCUT2D eigenvalue weighted by atomic mass is 10.1. The zero-order valence-corrected chi connectivity index (χ0v) is 11.9. The van der Waals surface area contributed by atoms with Gasteiger partial charge in [0.05, 0.1) is 14.2 Å². The van der Waals surface area contributed by atoms with Crippen LogP contribution in [-0.2, 0) is 11.3 Å². The summed E-state index contributed by atoms with van der Waals surface area (Å²) >= 11 is 0. The summed E-state index contributed by atoms with van der Waals surface area (Å²) in [6.07, 6.45) is 2.76. The normalized spacial score (nSPS) is 11.1. The Morgan fingerprint density at radius 2 is 2.05 bits per heavy atom. The van der Waals surface area contributed by atoms with Crippen molar-refractivity contribution in [3.05, 3.63) is 35.4 Å². The van der Waals surface area contributed by atoms with E-state index in [4.69, 9.17) is 9.47 Å². The predicted octanol–water partition coefficient (Wildman–Crippen LogP) is 2.68. The third-order valence-electron chi connectivity index (χ3n) is 2.80. The van der Waals surface area contributed by atoms with Crippen molar-refractivity contribution in [1.82, 2.24) is 5.32 Å². The van der Waals surface area contributed by atoms with Gasteiger partial charge in [-0.25, -0.2) is 0 Å². The van der Waals surface area contributed by atoms with Crippen molar-refractivity contribution in [2.75, 3.05) is 14.2 Å². The lowest BCUT2D eigenvalue weighted by Gasteiger charge is -2.11. The van der Waals surface area contributed by atoms with Gasteiger partial charge in [0.15, 0.2) is 0 Å². The fraction of sp³-hybridized carbons (Fsp3) is 0.400. The molecule has 0 saturated carbocycles. The van der Waals surface area contributed by atoms with Crippen LogP contribution in [0.4, 0.5) is 0 Å². The van der Waals surface area contributed by atoms with Gasteiger partial charge < -0.3 is 14.8 Å². The van der Waals surface area contributed by atoms with Crippen LogP contribution in [0, 0.1) is 0 Å². The van der Waals surface area contributed by atoms with Gasteiger partial charge in [-0.2, -0.15) is 0 Å². The largest absolute Gasteiger partial charge is 0.497 e. The third kappa shape index (κ3) is 4.32. The lowest BCUT2D eigenvalue weighted by Crippen LogP contribution is -2.23. The van der Waals surface area contributed by atoms with Crippen LogP contribution in [-0.4, -0.2) is 20.1 Å². The summed E-state index contributed by atoms with van der Waals surface area (Å²) in [5.74, 6) is 1.38. The first-order valence-corrected chi connectivity index (χ1v) is 6.28. The topological polar surface area (TPSA) is 47.6 Å². The van der Waals surface area contributed by atoms with Gasteiger partial charge in [0.1, 0.15) is 11.5 Å². The van der Waals surface area contributed by atoms with Gasteiger partial charge in [-0.05, 0) is 25.5 Å². The van der Waals surface area contributed by atoms with Crippen LogP contribution in [0.5, 0.6) is 11.5 Å². The lowest BCUT2D eigenvalue weighted by molar-refractivity contribution is -0.117. The van der Waals surface area contributed by atoms with E-state index in [1.54, 1.807) is 20.3 Å². The van der Waals surface area contributed by atoms with E-state index in [1.165, 1.54) is 0 Å². The second-order valence-corrected chi connectivity index (χ2v) is 4.16. The van der Waals surface area contributed by atoms with Gasteiger partial charge >= 0.3 is 0 Å². The molecule has 1 aromatic rings. The average Bonchev–Trinajstić information content (AvgIpc) is 2.44.